The number of rotatable bonds is 0. The molecule has 2 heterocycles. The predicted molar refractivity (Wildman–Crippen MR) is 55.1 cm³/mol. The van der Waals surface area contributed by atoms with Crippen molar-refractivity contribution in [2.24, 2.45) is 0 Å². The molecule has 0 radical (unpaired) electrons. The van der Waals surface area contributed by atoms with Crippen molar-refractivity contribution in [2.45, 2.75) is 0 Å². The van der Waals surface area contributed by atoms with Gasteiger partial charge in [-0.1, -0.05) is 23.2 Å². The molecule has 0 aliphatic carbocycles. The second-order valence-corrected chi connectivity index (χ2v) is 3.63. The van der Waals surface area contributed by atoms with E-state index in [9.17, 15) is 4.79 Å². The zero-order chi connectivity index (χ0) is 10.1. The summed E-state index contributed by atoms with van der Waals surface area (Å²) in [7, 11) is 0. The Morgan fingerprint density at radius 1 is 1.29 bits per heavy atom. The Hall–Kier alpha value is -1.000. The topological polar surface area (TPSA) is 54.0 Å². The van der Waals surface area contributed by atoms with Gasteiger partial charge >= 0.3 is 0 Å². The highest BCUT2D eigenvalue weighted by atomic mass is 35.5. The van der Waals surface area contributed by atoms with E-state index in [0.717, 1.165) is 0 Å². The van der Waals surface area contributed by atoms with Gasteiger partial charge in [-0.15, -0.1) is 0 Å². The molecule has 1 aliphatic heterocycles. The van der Waals surface area contributed by atoms with Crippen LogP contribution in [-0.2, 0) is 0 Å². The number of pyridine rings is 1. The van der Waals surface area contributed by atoms with Crippen LogP contribution < -0.4 is 10.6 Å². The first kappa shape index (κ1) is 9.55. The number of nitrogens with zero attached hydrogens (tertiary/aromatic N) is 1. The Morgan fingerprint density at radius 2 is 2.00 bits per heavy atom. The number of halogens is 2. The number of aromatic nitrogens is 1. The Bertz CT molecular complexity index is 394. The third-order valence-corrected chi connectivity index (χ3v) is 2.36. The van der Waals surface area contributed by atoms with Crippen LogP contribution in [0.15, 0.2) is 6.07 Å². The van der Waals surface area contributed by atoms with Crippen molar-refractivity contribution in [2.75, 3.05) is 18.4 Å². The van der Waals surface area contributed by atoms with Crippen LogP contribution in [0.5, 0.6) is 0 Å². The van der Waals surface area contributed by atoms with Crippen molar-refractivity contribution in [1.29, 1.82) is 0 Å². The molecule has 1 amide bonds. The van der Waals surface area contributed by atoms with E-state index in [1.54, 1.807) is 0 Å². The zero-order valence-corrected chi connectivity index (χ0v) is 8.61. The van der Waals surface area contributed by atoms with E-state index in [-0.39, 0.29) is 11.1 Å². The van der Waals surface area contributed by atoms with Crippen molar-refractivity contribution in [1.82, 2.24) is 10.3 Å². The fourth-order valence-electron chi connectivity index (χ4n) is 1.27. The smallest absolute Gasteiger partial charge is 0.256 e. The normalized spacial score (nSPS) is 15.1. The number of anilines is 1. The van der Waals surface area contributed by atoms with Gasteiger partial charge in [-0.05, 0) is 6.07 Å². The number of fused-ring (bicyclic) bond motifs is 1. The molecule has 74 valence electrons. The van der Waals surface area contributed by atoms with Crippen molar-refractivity contribution in [3.8, 4) is 0 Å². The van der Waals surface area contributed by atoms with Crippen molar-refractivity contribution < 1.29 is 4.79 Å². The van der Waals surface area contributed by atoms with Gasteiger partial charge in [-0.3, -0.25) is 4.79 Å². The van der Waals surface area contributed by atoms with Crippen LogP contribution in [0, 0.1) is 0 Å². The lowest BCUT2D eigenvalue weighted by molar-refractivity contribution is 0.0958. The molecule has 6 heteroatoms. The van der Waals surface area contributed by atoms with Gasteiger partial charge in [-0.25, -0.2) is 4.98 Å². The summed E-state index contributed by atoms with van der Waals surface area (Å²) < 4.78 is 0. The average molecular weight is 232 g/mol. The van der Waals surface area contributed by atoms with Gasteiger partial charge in [0.1, 0.15) is 16.5 Å². The van der Waals surface area contributed by atoms with E-state index >= 15 is 0 Å². The Labute approximate surface area is 90.6 Å². The third kappa shape index (κ3) is 1.63. The first-order chi connectivity index (χ1) is 6.68. The molecule has 0 unspecified atom stereocenters. The fraction of sp³-hybridized carbons (Fsp3) is 0.250. The Kier molecular flexibility index (Phi) is 2.48. The lowest BCUT2D eigenvalue weighted by Gasteiger charge is -2.06. The van der Waals surface area contributed by atoms with E-state index in [1.165, 1.54) is 6.07 Å². The lowest BCUT2D eigenvalue weighted by atomic mass is 10.2. The second-order valence-electron chi connectivity index (χ2n) is 2.83. The molecule has 14 heavy (non-hydrogen) atoms. The molecule has 0 saturated heterocycles. The first-order valence-corrected chi connectivity index (χ1v) is 4.82. The summed E-state index contributed by atoms with van der Waals surface area (Å²) in [6.45, 7) is 1.16. The quantitative estimate of drug-likeness (QED) is 0.667. The van der Waals surface area contributed by atoms with Gasteiger partial charge in [0, 0.05) is 13.1 Å². The molecule has 0 saturated carbocycles. The van der Waals surface area contributed by atoms with Crippen molar-refractivity contribution in [3.05, 3.63) is 21.8 Å². The lowest BCUT2D eigenvalue weighted by Crippen LogP contribution is -2.24. The van der Waals surface area contributed by atoms with E-state index in [0.29, 0.717) is 29.5 Å². The summed E-state index contributed by atoms with van der Waals surface area (Å²) in [4.78, 5) is 15.5. The Morgan fingerprint density at radius 3 is 2.79 bits per heavy atom. The third-order valence-electron chi connectivity index (χ3n) is 1.87. The Balaban J connectivity index is 2.58. The van der Waals surface area contributed by atoms with Crippen LogP contribution in [0.4, 0.5) is 5.82 Å². The summed E-state index contributed by atoms with van der Waals surface area (Å²) in [6.07, 6.45) is 0. The molecule has 0 aromatic carbocycles. The summed E-state index contributed by atoms with van der Waals surface area (Å²) in [6, 6.07) is 1.45. The van der Waals surface area contributed by atoms with Gasteiger partial charge in [0.2, 0.25) is 0 Å². The number of nitrogens with one attached hydrogen (secondary N) is 2. The maximum absolute atomic E-state index is 11.5. The molecular weight excluding hydrogens is 225 g/mol. The van der Waals surface area contributed by atoms with Crippen LogP contribution in [-0.4, -0.2) is 24.0 Å². The van der Waals surface area contributed by atoms with Crippen LogP contribution >= 0.6 is 23.2 Å². The maximum Gasteiger partial charge on any atom is 0.256 e. The number of hydrogen-bond donors (Lipinski definition) is 2. The fourth-order valence-corrected chi connectivity index (χ4v) is 1.80. The molecule has 0 bridgehead atoms. The van der Waals surface area contributed by atoms with E-state index in [2.05, 4.69) is 15.6 Å². The van der Waals surface area contributed by atoms with Gasteiger partial charge in [0.15, 0.2) is 0 Å². The molecule has 1 aromatic heterocycles. The molecule has 2 rings (SSSR count). The van der Waals surface area contributed by atoms with Crippen LogP contribution in [0.1, 0.15) is 10.4 Å². The summed E-state index contributed by atoms with van der Waals surface area (Å²) >= 11 is 11.6. The summed E-state index contributed by atoms with van der Waals surface area (Å²) in [5, 5.41) is 6.25. The zero-order valence-electron chi connectivity index (χ0n) is 7.10. The number of carbonyl (C=O) groups excluding carboxylic acids is 1. The van der Waals surface area contributed by atoms with Gasteiger partial charge < -0.3 is 10.6 Å². The SMILES string of the molecule is O=C1NCCNc2nc(Cl)cc(Cl)c21. The number of amides is 1. The molecule has 4 nitrogen and oxygen atoms in total. The summed E-state index contributed by atoms with van der Waals surface area (Å²) in [5.41, 5.74) is 0.355. The second kappa shape index (κ2) is 3.63. The van der Waals surface area contributed by atoms with Crippen LogP contribution in [0.3, 0.4) is 0 Å². The van der Waals surface area contributed by atoms with E-state index in [1.807, 2.05) is 0 Å². The molecule has 2 N–H and O–H groups in total. The number of hydrogen-bond acceptors (Lipinski definition) is 3. The van der Waals surface area contributed by atoms with E-state index < -0.39 is 0 Å². The highest BCUT2D eigenvalue weighted by Crippen LogP contribution is 2.26. The predicted octanol–water partition coefficient (Wildman–Crippen LogP) is 1.54. The molecule has 1 aliphatic rings. The van der Waals surface area contributed by atoms with Crippen molar-refractivity contribution in [3.63, 3.8) is 0 Å². The highest BCUT2D eigenvalue weighted by Gasteiger charge is 2.20. The largest absolute Gasteiger partial charge is 0.368 e. The minimum absolute atomic E-state index is 0.223. The first-order valence-electron chi connectivity index (χ1n) is 4.06. The molecule has 0 atom stereocenters. The van der Waals surface area contributed by atoms with E-state index in [4.69, 9.17) is 23.2 Å². The molecular formula is C8H7Cl2N3O. The standard InChI is InChI=1S/C8H7Cl2N3O/c9-4-3-5(10)13-7-6(4)8(14)12-2-1-11-7/h3H,1-2H2,(H,11,13)(H,12,14). The van der Waals surface area contributed by atoms with Crippen LogP contribution in [0.2, 0.25) is 10.2 Å². The molecule has 0 fully saturated rings. The minimum atomic E-state index is -0.223. The van der Waals surface area contributed by atoms with Crippen LogP contribution in [0.25, 0.3) is 0 Å². The highest BCUT2D eigenvalue weighted by molar-refractivity contribution is 6.37. The van der Waals surface area contributed by atoms with Gasteiger partial charge in [0.05, 0.1) is 5.02 Å². The minimum Gasteiger partial charge on any atom is -0.368 e. The molecule has 1 aromatic rings. The van der Waals surface area contributed by atoms with Gasteiger partial charge in [-0.2, -0.15) is 0 Å². The summed E-state index contributed by atoms with van der Waals surface area (Å²) in [5.74, 6) is 0.219. The average Bonchev–Trinajstić information content (AvgIpc) is 2.27. The number of carbonyl (C=O) groups is 1. The van der Waals surface area contributed by atoms with Crippen molar-refractivity contribution >= 4 is 34.9 Å². The molecule has 0 spiro atoms. The van der Waals surface area contributed by atoms with Gasteiger partial charge in [0.25, 0.3) is 5.91 Å². The monoisotopic (exact) mass is 231 g/mol. The maximum atomic E-state index is 11.5.